The molecule has 2 aromatic carbocycles. The van der Waals surface area contributed by atoms with Gasteiger partial charge in [-0.1, -0.05) is 6.07 Å². The van der Waals surface area contributed by atoms with Crippen molar-refractivity contribution in [3.8, 4) is 0 Å². The summed E-state index contributed by atoms with van der Waals surface area (Å²) in [5.74, 6) is -0.761. The second-order valence-corrected chi connectivity index (χ2v) is 6.69. The van der Waals surface area contributed by atoms with Crippen LogP contribution in [0.1, 0.15) is 34.1 Å². The van der Waals surface area contributed by atoms with Crippen molar-refractivity contribution in [1.82, 2.24) is 5.32 Å². The standard InChI is InChI=1S/C21H26N4O5/c1-4-30-12-6-11-22-20(26)15-7-5-8-16(13-15)23-21(27)18-14-17(25(28)29)9-10-19(18)24(2)3/h5,7-10,13-14H,4,6,11-12H2,1-3H3,(H,22,26)(H,23,27). The summed E-state index contributed by atoms with van der Waals surface area (Å²) in [4.78, 5) is 37.3. The molecular formula is C21H26N4O5. The summed E-state index contributed by atoms with van der Waals surface area (Å²) in [7, 11) is 3.49. The third-order valence-corrected chi connectivity index (χ3v) is 4.26. The second-order valence-electron chi connectivity index (χ2n) is 6.69. The van der Waals surface area contributed by atoms with Gasteiger partial charge in [0.25, 0.3) is 17.5 Å². The fourth-order valence-corrected chi connectivity index (χ4v) is 2.77. The van der Waals surface area contributed by atoms with E-state index in [1.807, 2.05) is 6.92 Å². The van der Waals surface area contributed by atoms with Crippen LogP contribution in [0, 0.1) is 10.1 Å². The molecule has 2 rings (SSSR count). The van der Waals surface area contributed by atoms with E-state index in [2.05, 4.69) is 10.6 Å². The first kappa shape index (κ1) is 22.8. The summed E-state index contributed by atoms with van der Waals surface area (Å²) < 4.78 is 5.23. The van der Waals surface area contributed by atoms with Crippen LogP contribution in [0.2, 0.25) is 0 Å². The molecule has 0 unspecified atom stereocenters. The molecule has 0 fully saturated rings. The zero-order valence-electron chi connectivity index (χ0n) is 17.3. The summed E-state index contributed by atoms with van der Waals surface area (Å²) in [5, 5.41) is 16.6. The highest BCUT2D eigenvalue weighted by Gasteiger charge is 2.18. The van der Waals surface area contributed by atoms with Crippen LogP contribution in [-0.4, -0.2) is 50.6 Å². The van der Waals surface area contributed by atoms with Crippen LogP contribution >= 0.6 is 0 Å². The van der Waals surface area contributed by atoms with Gasteiger partial charge in [0.15, 0.2) is 0 Å². The lowest BCUT2D eigenvalue weighted by Crippen LogP contribution is -2.25. The predicted molar refractivity (Wildman–Crippen MR) is 115 cm³/mol. The minimum Gasteiger partial charge on any atom is -0.382 e. The van der Waals surface area contributed by atoms with Crippen LogP contribution in [0.15, 0.2) is 42.5 Å². The Morgan fingerprint density at radius 3 is 2.57 bits per heavy atom. The van der Waals surface area contributed by atoms with Gasteiger partial charge in [-0.05, 0) is 37.6 Å². The van der Waals surface area contributed by atoms with Crippen LogP contribution < -0.4 is 15.5 Å². The number of carbonyl (C=O) groups is 2. The molecule has 0 radical (unpaired) electrons. The van der Waals surface area contributed by atoms with Crippen LogP contribution in [0.5, 0.6) is 0 Å². The maximum Gasteiger partial charge on any atom is 0.270 e. The molecule has 2 aromatic rings. The third-order valence-electron chi connectivity index (χ3n) is 4.26. The number of anilines is 2. The Labute approximate surface area is 175 Å². The highest BCUT2D eigenvalue weighted by Crippen LogP contribution is 2.25. The van der Waals surface area contributed by atoms with Gasteiger partial charge in [0, 0.05) is 62.9 Å². The van der Waals surface area contributed by atoms with Crippen LogP contribution in [0.4, 0.5) is 17.1 Å². The van der Waals surface area contributed by atoms with E-state index < -0.39 is 10.8 Å². The molecule has 0 saturated carbocycles. The molecule has 2 amide bonds. The number of nitrogens with zero attached hydrogens (tertiary/aromatic N) is 2. The van der Waals surface area contributed by atoms with Gasteiger partial charge >= 0.3 is 0 Å². The summed E-state index contributed by atoms with van der Waals surface area (Å²) in [6, 6.07) is 10.6. The number of nitro benzene ring substituents is 1. The number of carbonyl (C=O) groups excluding carboxylic acids is 2. The molecule has 0 spiro atoms. The van der Waals surface area contributed by atoms with Crippen molar-refractivity contribution in [1.29, 1.82) is 0 Å². The van der Waals surface area contributed by atoms with Crippen molar-refractivity contribution >= 4 is 28.9 Å². The molecule has 160 valence electrons. The minimum absolute atomic E-state index is 0.167. The van der Waals surface area contributed by atoms with Gasteiger partial charge in [0.2, 0.25) is 0 Å². The number of benzene rings is 2. The average Bonchev–Trinajstić information content (AvgIpc) is 2.73. The molecule has 0 aliphatic rings. The number of nitro groups is 1. The summed E-state index contributed by atoms with van der Waals surface area (Å²) in [5.41, 5.74) is 1.35. The fraction of sp³-hybridized carbons (Fsp3) is 0.333. The summed E-state index contributed by atoms with van der Waals surface area (Å²) in [6.45, 7) is 3.60. The van der Waals surface area contributed by atoms with Crippen molar-refractivity contribution in [2.45, 2.75) is 13.3 Å². The van der Waals surface area contributed by atoms with Crippen molar-refractivity contribution in [2.24, 2.45) is 0 Å². The van der Waals surface area contributed by atoms with E-state index in [9.17, 15) is 19.7 Å². The number of ether oxygens (including phenoxy) is 1. The second kappa shape index (κ2) is 10.9. The molecule has 2 N–H and O–H groups in total. The van der Waals surface area contributed by atoms with Gasteiger partial charge in [0.1, 0.15) is 0 Å². The van der Waals surface area contributed by atoms with Crippen molar-refractivity contribution in [3.05, 3.63) is 63.7 Å². The first-order valence-corrected chi connectivity index (χ1v) is 9.56. The number of hydrogen-bond donors (Lipinski definition) is 2. The van der Waals surface area contributed by atoms with Crippen LogP contribution in [0.25, 0.3) is 0 Å². The maximum absolute atomic E-state index is 12.8. The quantitative estimate of drug-likeness (QED) is 0.351. The van der Waals surface area contributed by atoms with E-state index in [4.69, 9.17) is 4.74 Å². The largest absolute Gasteiger partial charge is 0.382 e. The highest BCUT2D eigenvalue weighted by molar-refractivity contribution is 6.09. The normalized spacial score (nSPS) is 10.4. The molecule has 9 nitrogen and oxygen atoms in total. The van der Waals surface area contributed by atoms with E-state index in [0.29, 0.717) is 43.1 Å². The number of hydrogen-bond acceptors (Lipinski definition) is 6. The smallest absolute Gasteiger partial charge is 0.270 e. The molecule has 0 heterocycles. The molecular weight excluding hydrogens is 388 g/mol. The first-order chi connectivity index (χ1) is 14.3. The molecule has 0 atom stereocenters. The van der Waals surface area contributed by atoms with Crippen molar-refractivity contribution < 1.29 is 19.2 Å². The van der Waals surface area contributed by atoms with E-state index in [0.717, 1.165) is 0 Å². The predicted octanol–water partition coefficient (Wildman–Crippen LogP) is 3.07. The zero-order valence-corrected chi connectivity index (χ0v) is 17.3. The third kappa shape index (κ3) is 6.28. The van der Waals surface area contributed by atoms with E-state index >= 15 is 0 Å². The number of nitrogens with one attached hydrogen (secondary N) is 2. The topological polar surface area (TPSA) is 114 Å². The van der Waals surface area contributed by atoms with Crippen LogP contribution in [0.3, 0.4) is 0 Å². The van der Waals surface area contributed by atoms with Crippen LogP contribution in [-0.2, 0) is 4.74 Å². The molecule has 9 heteroatoms. The van der Waals surface area contributed by atoms with Crippen molar-refractivity contribution in [3.63, 3.8) is 0 Å². The van der Waals surface area contributed by atoms with Gasteiger partial charge in [0.05, 0.1) is 10.5 Å². The molecule has 0 aliphatic carbocycles. The average molecular weight is 414 g/mol. The Balaban J connectivity index is 2.12. The van der Waals surface area contributed by atoms with Gasteiger partial charge in [-0.25, -0.2) is 0 Å². The lowest BCUT2D eigenvalue weighted by Gasteiger charge is -2.17. The van der Waals surface area contributed by atoms with Crippen molar-refractivity contribution in [2.75, 3.05) is 44.1 Å². The first-order valence-electron chi connectivity index (χ1n) is 9.56. The number of non-ortho nitro benzene ring substituents is 1. The molecule has 0 aliphatic heterocycles. The molecule has 30 heavy (non-hydrogen) atoms. The molecule has 0 bridgehead atoms. The zero-order chi connectivity index (χ0) is 22.1. The maximum atomic E-state index is 12.8. The monoisotopic (exact) mass is 414 g/mol. The molecule has 0 aromatic heterocycles. The minimum atomic E-state index is -0.549. The number of rotatable bonds is 10. The summed E-state index contributed by atoms with van der Waals surface area (Å²) >= 11 is 0. The van der Waals surface area contributed by atoms with Gasteiger partial charge in [-0.15, -0.1) is 0 Å². The van der Waals surface area contributed by atoms with Gasteiger partial charge in [-0.3, -0.25) is 19.7 Å². The van der Waals surface area contributed by atoms with E-state index in [-0.39, 0.29) is 17.2 Å². The Bertz CT molecular complexity index is 914. The van der Waals surface area contributed by atoms with E-state index in [1.54, 1.807) is 43.3 Å². The summed E-state index contributed by atoms with van der Waals surface area (Å²) in [6.07, 6.45) is 0.704. The lowest BCUT2D eigenvalue weighted by atomic mass is 10.1. The highest BCUT2D eigenvalue weighted by atomic mass is 16.6. The number of amides is 2. The lowest BCUT2D eigenvalue weighted by molar-refractivity contribution is -0.384. The van der Waals surface area contributed by atoms with E-state index in [1.165, 1.54) is 18.2 Å². The SMILES string of the molecule is CCOCCCNC(=O)c1cccc(NC(=O)c2cc([N+](=O)[O-])ccc2N(C)C)c1. The molecule has 0 saturated heterocycles. The van der Waals surface area contributed by atoms with Gasteiger partial charge < -0.3 is 20.3 Å². The Morgan fingerprint density at radius 1 is 1.13 bits per heavy atom. The Kier molecular flexibility index (Phi) is 8.30. The Morgan fingerprint density at radius 2 is 1.90 bits per heavy atom. The fourth-order valence-electron chi connectivity index (χ4n) is 2.77. The Hall–Kier alpha value is -3.46. The van der Waals surface area contributed by atoms with Gasteiger partial charge in [-0.2, -0.15) is 0 Å².